The molecule has 0 radical (unpaired) electrons. The monoisotopic (exact) mass is 382 g/mol. The predicted molar refractivity (Wildman–Crippen MR) is 90.9 cm³/mol. The molecule has 0 aliphatic rings. The number of hydrogen-bond donors (Lipinski definition) is 0. The van der Waals surface area contributed by atoms with E-state index in [-0.39, 0.29) is 27.9 Å². The number of aromatic nitrogens is 2. The maximum absolute atomic E-state index is 12.4. The fraction of sp³-hybridized carbons (Fsp3) is 0.250. The Labute approximate surface area is 149 Å². The van der Waals surface area contributed by atoms with E-state index in [1.165, 1.54) is 19.9 Å². The van der Waals surface area contributed by atoms with Crippen molar-refractivity contribution in [1.82, 2.24) is 9.97 Å². The average Bonchev–Trinajstić information content (AvgIpc) is 2.56. The van der Waals surface area contributed by atoms with Gasteiger partial charge >= 0.3 is 5.97 Å². The van der Waals surface area contributed by atoms with E-state index in [9.17, 15) is 18.0 Å². The first-order valence-electron chi connectivity index (χ1n) is 7.24. The van der Waals surface area contributed by atoms with Gasteiger partial charge in [0, 0.05) is 0 Å². The van der Waals surface area contributed by atoms with Crippen LogP contribution in [-0.2, 0) is 9.84 Å². The molecule has 0 fully saturated rings. The van der Waals surface area contributed by atoms with Crippen molar-refractivity contribution >= 4 is 33.2 Å². The molecular formula is C16H15ClN2O5S. The molecule has 0 aliphatic carbocycles. The van der Waals surface area contributed by atoms with Gasteiger partial charge in [0.15, 0.2) is 11.5 Å². The summed E-state index contributed by atoms with van der Waals surface area (Å²) in [5.41, 5.74) is 0.653. The number of halogens is 1. The highest BCUT2D eigenvalue weighted by molar-refractivity contribution is 7.91. The van der Waals surface area contributed by atoms with Crippen LogP contribution in [0.2, 0.25) is 5.02 Å². The van der Waals surface area contributed by atoms with Crippen LogP contribution in [0.15, 0.2) is 29.6 Å². The molecule has 9 heteroatoms. The molecule has 0 saturated heterocycles. The average molecular weight is 383 g/mol. The lowest BCUT2D eigenvalue weighted by Crippen LogP contribution is -2.17. The molecule has 7 nitrogen and oxygen atoms in total. The maximum Gasteiger partial charge on any atom is 0.364 e. The van der Waals surface area contributed by atoms with Crippen molar-refractivity contribution in [1.29, 1.82) is 0 Å². The first kappa shape index (κ1) is 19.0. The second-order valence-corrected chi connectivity index (χ2v) is 7.78. The van der Waals surface area contributed by atoms with Gasteiger partial charge in [0.25, 0.3) is 0 Å². The van der Waals surface area contributed by atoms with Gasteiger partial charge in [-0.2, -0.15) is 0 Å². The van der Waals surface area contributed by atoms with Gasteiger partial charge in [-0.25, -0.2) is 23.2 Å². The molecule has 0 saturated carbocycles. The van der Waals surface area contributed by atoms with E-state index in [4.69, 9.17) is 16.3 Å². The van der Waals surface area contributed by atoms with Crippen LogP contribution in [0.25, 0.3) is 0 Å². The number of sulfone groups is 1. The summed E-state index contributed by atoms with van der Waals surface area (Å²) in [5.74, 6) is -1.45. The Balaban J connectivity index is 2.43. The van der Waals surface area contributed by atoms with Crippen LogP contribution in [-0.4, -0.2) is 35.9 Å². The van der Waals surface area contributed by atoms with E-state index in [1.54, 1.807) is 19.1 Å². The number of nitrogens with zero attached hydrogens (tertiary/aromatic N) is 2. The van der Waals surface area contributed by atoms with E-state index >= 15 is 0 Å². The fourth-order valence-corrected chi connectivity index (χ4v) is 2.80. The van der Waals surface area contributed by atoms with Crippen LogP contribution in [0, 0.1) is 6.92 Å². The summed E-state index contributed by atoms with van der Waals surface area (Å²) >= 11 is 5.89. The van der Waals surface area contributed by atoms with Crippen LogP contribution in [0.4, 0.5) is 0 Å². The topological polar surface area (TPSA) is 103 Å². The number of esters is 1. The number of rotatable bonds is 5. The largest absolute Gasteiger partial charge is 0.421 e. The predicted octanol–water partition coefficient (Wildman–Crippen LogP) is 2.65. The number of aryl methyl sites for hydroxylation is 1. The van der Waals surface area contributed by atoms with Crippen LogP contribution in [0.3, 0.4) is 0 Å². The number of benzene rings is 1. The Morgan fingerprint density at radius 1 is 1.28 bits per heavy atom. The van der Waals surface area contributed by atoms with E-state index in [2.05, 4.69) is 9.97 Å². The molecule has 0 atom stereocenters. The number of ether oxygens (including phenoxy) is 1. The van der Waals surface area contributed by atoms with Gasteiger partial charge in [-0.3, -0.25) is 4.79 Å². The molecule has 0 aliphatic heterocycles. The summed E-state index contributed by atoms with van der Waals surface area (Å²) in [4.78, 5) is 31.4. The van der Waals surface area contributed by atoms with Gasteiger partial charge in [-0.1, -0.05) is 30.2 Å². The Bertz CT molecular complexity index is 957. The van der Waals surface area contributed by atoms with E-state index in [1.807, 2.05) is 0 Å². The number of ketones is 1. The Morgan fingerprint density at radius 3 is 2.56 bits per heavy atom. The smallest absolute Gasteiger partial charge is 0.364 e. The van der Waals surface area contributed by atoms with Crippen LogP contribution in [0.1, 0.15) is 40.3 Å². The maximum atomic E-state index is 12.4. The summed E-state index contributed by atoms with van der Waals surface area (Å²) < 4.78 is 28.9. The molecule has 132 valence electrons. The van der Waals surface area contributed by atoms with Crippen molar-refractivity contribution in [3.8, 4) is 5.75 Å². The summed E-state index contributed by atoms with van der Waals surface area (Å²) in [7, 11) is -3.71. The number of Topliss-reactive ketones (excluding diaryl/α,β-unsaturated/α-hetero) is 1. The highest BCUT2D eigenvalue weighted by Gasteiger charge is 2.23. The van der Waals surface area contributed by atoms with Crippen molar-refractivity contribution in [3.63, 3.8) is 0 Å². The van der Waals surface area contributed by atoms with E-state index in [0.29, 0.717) is 0 Å². The first-order valence-corrected chi connectivity index (χ1v) is 9.27. The number of hydrogen-bond acceptors (Lipinski definition) is 7. The molecule has 1 aromatic heterocycles. The Morgan fingerprint density at radius 2 is 1.96 bits per heavy atom. The minimum absolute atomic E-state index is 0.0395. The molecule has 0 unspecified atom stereocenters. The zero-order valence-electron chi connectivity index (χ0n) is 13.7. The number of carbonyl (C=O) groups is 2. The highest BCUT2D eigenvalue weighted by atomic mass is 35.5. The zero-order chi connectivity index (χ0) is 18.8. The summed E-state index contributed by atoms with van der Waals surface area (Å²) in [5, 5.41) is -0.668. The third kappa shape index (κ3) is 4.21. The van der Waals surface area contributed by atoms with Gasteiger partial charge in [0.05, 0.1) is 22.5 Å². The Kier molecular flexibility index (Phi) is 5.54. The summed E-state index contributed by atoms with van der Waals surface area (Å²) in [6.45, 7) is 4.56. The molecule has 0 amide bonds. The molecule has 1 heterocycles. The lowest BCUT2D eigenvalue weighted by molar-refractivity contribution is 0.0725. The molecule has 1 aromatic carbocycles. The molecule has 0 spiro atoms. The second-order valence-electron chi connectivity index (χ2n) is 5.20. The third-order valence-electron chi connectivity index (χ3n) is 3.29. The minimum atomic E-state index is -3.71. The van der Waals surface area contributed by atoms with Gasteiger partial charge in [-0.05, 0) is 26.0 Å². The van der Waals surface area contributed by atoms with Gasteiger partial charge in [0.1, 0.15) is 5.75 Å². The zero-order valence-corrected chi connectivity index (χ0v) is 15.3. The van der Waals surface area contributed by atoms with Crippen molar-refractivity contribution in [2.75, 3.05) is 5.75 Å². The van der Waals surface area contributed by atoms with Crippen molar-refractivity contribution in [2.45, 2.75) is 25.9 Å². The summed E-state index contributed by atoms with van der Waals surface area (Å²) in [6.07, 6.45) is 1.02. The van der Waals surface area contributed by atoms with Gasteiger partial charge in [-0.15, -0.1) is 0 Å². The lowest BCUT2D eigenvalue weighted by Gasteiger charge is -2.10. The summed E-state index contributed by atoms with van der Waals surface area (Å²) in [6, 6.07) is 4.73. The second kappa shape index (κ2) is 7.28. The molecule has 2 aromatic rings. The Hall–Kier alpha value is -2.32. The van der Waals surface area contributed by atoms with E-state index < -0.39 is 26.7 Å². The molecule has 0 N–H and O–H groups in total. The normalized spacial score (nSPS) is 11.2. The molecular weight excluding hydrogens is 368 g/mol. The van der Waals surface area contributed by atoms with Gasteiger partial charge < -0.3 is 4.74 Å². The number of carbonyl (C=O) groups excluding carboxylic acids is 2. The quantitative estimate of drug-likeness (QED) is 0.339. The molecule has 2 rings (SSSR count). The fourth-order valence-electron chi connectivity index (χ4n) is 1.93. The van der Waals surface area contributed by atoms with Crippen molar-refractivity contribution < 1.29 is 22.7 Å². The minimum Gasteiger partial charge on any atom is -0.421 e. The third-order valence-corrected chi connectivity index (χ3v) is 5.08. The molecule has 25 heavy (non-hydrogen) atoms. The van der Waals surface area contributed by atoms with E-state index in [0.717, 1.165) is 11.8 Å². The lowest BCUT2D eigenvalue weighted by atomic mass is 10.1. The first-order chi connectivity index (χ1) is 11.7. The standard InChI is InChI=1S/C16H15ClN2O5S/c1-4-25(22,23)16-18-8-12(17)14(19-16)15(21)24-13-6-5-9(2)7-11(13)10(3)20/h5-8H,4H2,1-3H3. The molecule has 0 bridgehead atoms. The van der Waals surface area contributed by atoms with Crippen LogP contribution in [0.5, 0.6) is 5.75 Å². The van der Waals surface area contributed by atoms with Crippen molar-refractivity contribution in [2.24, 2.45) is 0 Å². The van der Waals surface area contributed by atoms with Crippen LogP contribution < -0.4 is 4.74 Å². The SMILES string of the molecule is CCS(=O)(=O)c1ncc(Cl)c(C(=O)Oc2ccc(C)cc2C(C)=O)n1. The highest BCUT2D eigenvalue weighted by Crippen LogP contribution is 2.23. The van der Waals surface area contributed by atoms with Crippen LogP contribution >= 0.6 is 11.6 Å². The van der Waals surface area contributed by atoms with Crippen molar-refractivity contribution in [3.05, 3.63) is 46.2 Å². The van der Waals surface area contributed by atoms with Gasteiger partial charge in [0.2, 0.25) is 15.0 Å².